The van der Waals surface area contributed by atoms with Crippen LogP contribution in [-0.4, -0.2) is 50.9 Å². The Labute approximate surface area is 144 Å². The number of nitrogens with zero attached hydrogens (tertiary/aromatic N) is 4. The summed E-state index contributed by atoms with van der Waals surface area (Å²) in [5.41, 5.74) is 0.649. The molecular weight excluding hydrogens is 332 g/mol. The Balaban J connectivity index is 1.83. The van der Waals surface area contributed by atoms with Gasteiger partial charge in [0, 0.05) is 12.6 Å². The number of halogens is 1. The minimum absolute atomic E-state index is 0.0847. The fourth-order valence-corrected chi connectivity index (χ4v) is 2.87. The molecule has 7 nitrogen and oxygen atoms in total. The average Bonchev–Trinajstić information content (AvgIpc) is 3.04. The molecule has 0 bridgehead atoms. The minimum atomic E-state index is -0.575. The Morgan fingerprint density at radius 1 is 1.17 bits per heavy atom. The summed E-state index contributed by atoms with van der Waals surface area (Å²) in [4.78, 5) is 31.8. The van der Waals surface area contributed by atoms with Crippen LogP contribution in [0.2, 0.25) is 5.02 Å². The first-order valence-corrected chi connectivity index (χ1v) is 7.92. The number of hydrogen-bond acceptors (Lipinski definition) is 5. The van der Waals surface area contributed by atoms with Crippen molar-refractivity contribution in [1.82, 2.24) is 19.9 Å². The van der Waals surface area contributed by atoms with Crippen LogP contribution in [0.3, 0.4) is 0 Å². The molecule has 1 saturated heterocycles. The molecule has 1 aromatic heterocycles. The Morgan fingerprint density at radius 2 is 1.88 bits per heavy atom. The van der Waals surface area contributed by atoms with E-state index in [-0.39, 0.29) is 24.2 Å². The van der Waals surface area contributed by atoms with Crippen LogP contribution in [0, 0.1) is 0 Å². The van der Waals surface area contributed by atoms with E-state index in [9.17, 15) is 9.59 Å². The second-order valence-electron chi connectivity index (χ2n) is 5.76. The molecule has 0 N–H and O–H groups in total. The van der Waals surface area contributed by atoms with Crippen LogP contribution in [-0.2, 0) is 16.1 Å². The zero-order valence-corrected chi connectivity index (χ0v) is 14.3. The summed E-state index contributed by atoms with van der Waals surface area (Å²) < 4.78 is 5.23. The molecule has 1 aliphatic heterocycles. The molecule has 2 aromatic rings. The van der Waals surface area contributed by atoms with Crippen LogP contribution in [0.4, 0.5) is 0 Å². The lowest BCUT2D eigenvalue weighted by molar-refractivity contribution is -0.159. The highest BCUT2D eigenvalue weighted by Crippen LogP contribution is 2.26. The lowest BCUT2D eigenvalue weighted by Gasteiger charge is -2.40. The highest BCUT2D eigenvalue weighted by molar-refractivity contribution is 6.33. The van der Waals surface area contributed by atoms with E-state index in [1.165, 1.54) is 9.80 Å². The molecular formula is C16H17ClN4O3. The summed E-state index contributed by atoms with van der Waals surface area (Å²) in [6.45, 7) is 3.47. The number of aromatic nitrogens is 2. The van der Waals surface area contributed by atoms with Crippen molar-refractivity contribution in [3.05, 3.63) is 35.2 Å². The largest absolute Gasteiger partial charge is 0.337 e. The molecule has 0 aliphatic carbocycles. The average molecular weight is 349 g/mol. The molecule has 0 unspecified atom stereocenters. The van der Waals surface area contributed by atoms with Gasteiger partial charge in [0.15, 0.2) is 0 Å². The normalized spacial score (nSPS) is 21.5. The maximum Gasteiger partial charge on any atom is 0.246 e. The lowest BCUT2D eigenvalue weighted by Crippen LogP contribution is -2.61. The van der Waals surface area contributed by atoms with Gasteiger partial charge in [0.25, 0.3) is 0 Å². The summed E-state index contributed by atoms with van der Waals surface area (Å²) in [6, 6.07) is 6.06. The number of carbonyl (C=O) groups is 2. The standard InChI is InChI=1S/C16H17ClN4O3/c1-9-16(23)21(10(2)15(22)20(9)3)8-13-18-14(19-24-13)11-6-4-5-7-12(11)17/h4-7,9-10H,8H2,1-3H3/t9-,10-/m0/s1. The Kier molecular flexibility index (Phi) is 4.28. The van der Waals surface area contributed by atoms with Gasteiger partial charge in [-0.1, -0.05) is 28.9 Å². The van der Waals surface area contributed by atoms with Gasteiger partial charge in [0.2, 0.25) is 23.5 Å². The van der Waals surface area contributed by atoms with Crippen molar-refractivity contribution in [2.75, 3.05) is 7.05 Å². The van der Waals surface area contributed by atoms with Crippen LogP contribution >= 0.6 is 11.6 Å². The quantitative estimate of drug-likeness (QED) is 0.847. The smallest absolute Gasteiger partial charge is 0.246 e. The second kappa shape index (κ2) is 6.24. The van der Waals surface area contributed by atoms with Gasteiger partial charge in [0.1, 0.15) is 18.6 Å². The van der Waals surface area contributed by atoms with Crippen LogP contribution in [0.1, 0.15) is 19.7 Å². The third-order valence-corrected chi connectivity index (χ3v) is 4.61. The van der Waals surface area contributed by atoms with Crippen LogP contribution in [0.15, 0.2) is 28.8 Å². The summed E-state index contributed by atoms with van der Waals surface area (Å²) in [5, 5.41) is 4.42. The molecule has 8 heteroatoms. The zero-order valence-electron chi connectivity index (χ0n) is 13.6. The fraction of sp³-hybridized carbons (Fsp3) is 0.375. The Morgan fingerprint density at radius 3 is 2.58 bits per heavy atom. The van der Waals surface area contributed by atoms with Crippen LogP contribution in [0.25, 0.3) is 11.4 Å². The van der Waals surface area contributed by atoms with Gasteiger partial charge >= 0.3 is 0 Å². The predicted molar refractivity (Wildman–Crippen MR) is 87.0 cm³/mol. The second-order valence-corrected chi connectivity index (χ2v) is 6.17. The van der Waals surface area contributed by atoms with Gasteiger partial charge in [-0.25, -0.2) is 0 Å². The molecule has 1 aliphatic rings. The topological polar surface area (TPSA) is 79.5 Å². The summed E-state index contributed by atoms with van der Waals surface area (Å²) in [7, 11) is 1.63. The van der Waals surface area contributed by atoms with Gasteiger partial charge in [-0.3, -0.25) is 9.59 Å². The number of benzene rings is 1. The Hall–Kier alpha value is -2.41. The molecule has 2 heterocycles. The number of carbonyl (C=O) groups excluding carboxylic acids is 2. The first-order valence-electron chi connectivity index (χ1n) is 7.54. The van der Waals surface area contributed by atoms with Crippen LogP contribution < -0.4 is 0 Å². The van der Waals surface area contributed by atoms with Crippen molar-refractivity contribution in [1.29, 1.82) is 0 Å². The van der Waals surface area contributed by atoms with Crippen molar-refractivity contribution < 1.29 is 14.1 Å². The lowest BCUT2D eigenvalue weighted by atomic mass is 10.1. The van der Waals surface area contributed by atoms with E-state index in [1.807, 2.05) is 12.1 Å². The first-order chi connectivity index (χ1) is 11.4. The number of likely N-dealkylation sites (N-methyl/N-ethyl adjacent to an activating group) is 1. The SMILES string of the molecule is C[C@H]1C(=O)N(Cc2nc(-c3ccccc3Cl)no2)[C@@H](C)C(=O)N1C. The number of rotatable bonds is 3. The monoisotopic (exact) mass is 348 g/mol. The zero-order chi connectivity index (χ0) is 17.4. The summed E-state index contributed by atoms with van der Waals surface area (Å²) in [6.07, 6.45) is 0. The molecule has 1 fully saturated rings. The maximum atomic E-state index is 12.4. The third-order valence-electron chi connectivity index (χ3n) is 4.28. The van der Waals surface area contributed by atoms with Crippen molar-refractivity contribution in [3.8, 4) is 11.4 Å². The Bertz CT molecular complexity index is 791. The van der Waals surface area contributed by atoms with E-state index in [2.05, 4.69) is 10.1 Å². The predicted octanol–water partition coefficient (Wildman–Crippen LogP) is 1.97. The molecule has 1 aromatic carbocycles. The van der Waals surface area contributed by atoms with E-state index in [1.54, 1.807) is 33.0 Å². The van der Waals surface area contributed by atoms with E-state index < -0.39 is 12.1 Å². The van der Waals surface area contributed by atoms with Crippen molar-refractivity contribution in [2.45, 2.75) is 32.5 Å². The molecule has 0 radical (unpaired) electrons. The first kappa shape index (κ1) is 16.4. The van der Waals surface area contributed by atoms with E-state index in [0.717, 1.165) is 0 Å². The number of hydrogen-bond donors (Lipinski definition) is 0. The molecule has 3 rings (SSSR count). The minimum Gasteiger partial charge on any atom is -0.337 e. The number of amides is 2. The molecule has 126 valence electrons. The van der Waals surface area contributed by atoms with Gasteiger partial charge < -0.3 is 14.3 Å². The van der Waals surface area contributed by atoms with Crippen molar-refractivity contribution >= 4 is 23.4 Å². The molecule has 2 amide bonds. The van der Waals surface area contributed by atoms with Crippen molar-refractivity contribution in [3.63, 3.8) is 0 Å². The molecule has 24 heavy (non-hydrogen) atoms. The third kappa shape index (κ3) is 2.75. The molecule has 0 spiro atoms. The van der Waals surface area contributed by atoms with Crippen molar-refractivity contribution in [2.24, 2.45) is 0 Å². The summed E-state index contributed by atoms with van der Waals surface area (Å²) in [5.74, 6) is 0.342. The van der Waals surface area contributed by atoms with Gasteiger partial charge in [0.05, 0.1) is 5.02 Å². The van der Waals surface area contributed by atoms with E-state index in [4.69, 9.17) is 16.1 Å². The van der Waals surface area contributed by atoms with Gasteiger partial charge in [-0.2, -0.15) is 4.98 Å². The highest BCUT2D eigenvalue weighted by Gasteiger charge is 2.40. The van der Waals surface area contributed by atoms with Crippen LogP contribution in [0.5, 0.6) is 0 Å². The van der Waals surface area contributed by atoms with E-state index >= 15 is 0 Å². The van der Waals surface area contributed by atoms with Gasteiger partial charge in [-0.05, 0) is 26.0 Å². The maximum absolute atomic E-state index is 12.4. The number of piperazine rings is 1. The fourth-order valence-electron chi connectivity index (χ4n) is 2.65. The van der Waals surface area contributed by atoms with Gasteiger partial charge in [-0.15, -0.1) is 0 Å². The highest BCUT2D eigenvalue weighted by atomic mass is 35.5. The summed E-state index contributed by atoms with van der Waals surface area (Å²) >= 11 is 6.12. The van der Waals surface area contributed by atoms with E-state index in [0.29, 0.717) is 16.4 Å². The molecule has 0 saturated carbocycles. The molecule has 2 atom stereocenters.